The molecule has 1 saturated carbocycles. The van der Waals surface area contributed by atoms with Crippen molar-refractivity contribution >= 4 is 11.8 Å². The van der Waals surface area contributed by atoms with Gasteiger partial charge >= 0.3 is 0 Å². The molecule has 0 saturated heterocycles. The summed E-state index contributed by atoms with van der Waals surface area (Å²) in [5.74, 6) is 2.28. The van der Waals surface area contributed by atoms with Gasteiger partial charge in [-0.2, -0.15) is 5.10 Å². The number of aromatic nitrogens is 4. The lowest BCUT2D eigenvalue weighted by Crippen LogP contribution is -2.22. The summed E-state index contributed by atoms with van der Waals surface area (Å²) in [5.41, 5.74) is 4.77. The maximum Gasteiger partial charge on any atom is 0.255 e. The number of ether oxygens (including phenoxy) is 1. The molecule has 1 fully saturated rings. The van der Waals surface area contributed by atoms with E-state index in [1.54, 1.807) is 7.11 Å². The van der Waals surface area contributed by atoms with Crippen LogP contribution in [0.4, 0.5) is 0 Å². The zero-order chi connectivity index (χ0) is 22.5. The van der Waals surface area contributed by atoms with Crippen LogP contribution in [-0.4, -0.2) is 27.3 Å². The molecule has 2 heterocycles. The first-order valence-corrected chi connectivity index (χ1v) is 12.5. The normalized spacial score (nSPS) is 14.8. The number of nitrogens with one attached hydrogen (secondary N) is 2. The van der Waals surface area contributed by atoms with Gasteiger partial charge in [-0.05, 0) is 54.2 Å². The highest BCUT2D eigenvalue weighted by Crippen LogP contribution is 2.29. The summed E-state index contributed by atoms with van der Waals surface area (Å²) in [4.78, 5) is 20.8. The molecular formula is C25H32N4O2S. The smallest absolute Gasteiger partial charge is 0.255 e. The average molecular weight is 453 g/mol. The summed E-state index contributed by atoms with van der Waals surface area (Å²) in [6, 6.07) is 9.92. The second kappa shape index (κ2) is 10.4. The van der Waals surface area contributed by atoms with Crippen molar-refractivity contribution in [2.45, 2.75) is 69.2 Å². The van der Waals surface area contributed by atoms with E-state index in [0.29, 0.717) is 16.8 Å². The molecule has 3 aromatic rings. The lowest BCUT2D eigenvalue weighted by molar-refractivity contribution is 0.352. The summed E-state index contributed by atoms with van der Waals surface area (Å²) >= 11 is 1.53. The van der Waals surface area contributed by atoms with Crippen LogP contribution < -0.4 is 10.3 Å². The maximum atomic E-state index is 12.9. The molecule has 0 amide bonds. The summed E-state index contributed by atoms with van der Waals surface area (Å²) in [5, 5.41) is 8.22. The minimum Gasteiger partial charge on any atom is -0.497 e. The van der Waals surface area contributed by atoms with Crippen LogP contribution in [0.25, 0.3) is 11.3 Å². The van der Waals surface area contributed by atoms with Gasteiger partial charge in [0.05, 0.1) is 24.2 Å². The summed E-state index contributed by atoms with van der Waals surface area (Å²) in [7, 11) is 1.66. The van der Waals surface area contributed by atoms with E-state index in [9.17, 15) is 4.79 Å². The SMILES string of the molecule is COc1ccc(-c2cc(CSc3nc(CC4CCCCC4)c(C(C)C)c(=O)[nH]3)n[nH]2)cc1. The fraction of sp³-hybridized carbons (Fsp3) is 0.480. The van der Waals surface area contributed by atoms with Crippen LogP contribution in [-0.2, 0) is 12.2 Å². The van der Waals surface area contributed by atoms with E-state index in [-0.39, 0.29) is 11.5 Å². The number of H-pyrrole nitrogens is 2. The van der Waals surface area contributed by atoms with E-state index < -0.39 is 0 Å². The molecule has 0 aliphatic heterocycles. The van der Waals surface area contributed by atoms with Crippen LogP contribution in [0.1, 0.15) is 68.8 Å². The molecule has 6 nitrogen and oxygen atoms in total. The molecule has 7 heteroatoms. The van der Waals surface area contributed by atoms with Crippen molar-refractivity contribution in [3.05, 3.63) is 57.6 Å². The van der Waals surface area contributed by atoms with Gasteiger partial charge in [-0.25, -0.2) is 4.98 Å². The molecular weight excluding hydrogens is 420 g/mol. The third-order valence-corrected chi connectivity index (χ3v) is 7.09. The first-order valence-electron chi connectivity index (χ1n) is 11.5. The Morgan fingerprint density at radius 2 is 1.91 bits per heavy atom. The van der Waals surface area contributed by atoms with Crippen molar-refractivity contribution in [2.75, 3.05) is 7.11 Å². The Labute approximate surface area is 193 Å². The fourth-order valence-corrected chi connectivity index (χ4v) is 5.26. The zero-order valence-electron chi connectivity index (χ0n) is 19.1. The summed E-state index contributed by atoms with van der Waals surface area (Å²) in [6.45, 7) is 4.15. The van der Waals surface area contributed by atoms with Crippen LogP contribution in [0, 0.1) is 5.92 Å². The van der Waals surface area contributed by atoms with Crippen molar-refractivity contribution in [1.29, 1.82) is 0 Å². The monoisotopic (exact) mass is 452 g/mol. The molecule has 0 atom stereocenters. The second-order valence-corrected chi connectivity index (χ2v) is 9.85. The molecule has 1 aliphatic rings. The molecule has 170 valence electrons. The van der Waals surface area contributed by atoms with E-state index in [4.69, 9.17) is 9.72 Å². The Balaban J connectivity index is 1.48. The molecule has 32 heavy (non-hydrogen) atoms. The number of benzene rings is 1. The first kappa shape index (κ1) is 22.6. The van der Waals surface area contributed by atoms with Gasteiger partial charge in [-0.15, -0.1) is 0 Å². The third kappa shape index (κ3) is 5.44. The highest BCUT2D eigenvalue weighted by atomic mass is 32.2. The van der Waals surface area contributed by atoms with Crippen molar-refractivity contribution in [3.63, 3.8) is 0 Å². The Bertz CT molecular complexity index is 1080. The van der Waals surface area contributed by atoms with Gasteiger partial charge in [0.1, 0.15) is 5.75 Å². The predicted octanol–water partition coefficient (Wildman–Crippen LogP) is 5.71. The van der Waals surface area contributed by atoms with E-state index in [0.717, 1.165) is 40.4 Å². The summed E-state index contributed by atoms with van der Waals surface area (Å²) < 4.78 is 5.22. The topological polar surface area (TPSA) is 83.7 Å². The standard InChI is InChI=1S/C25H32N4O2S/c1-16(2)23-22(13-17-7-5-4-6-8-17)26-25(27-24(23)30)32-15-19-14-21(29-28-19)18-9-11-20(31-3)12-10-18/h9-12,14,16-17H,4-8,13,15H2,1-3H3,(H,28,29)(H,26,27,30). The minimum atomic E-state index is 0.00394. The number of hydrogen-bond acceptors (Lipinski definition) is 5. The number of hydrogen-bond donors (Lipinski definition) is 2. The van der Waals surface area contributed by atoms with E-state index in [1.165, 1.54) is 43.9 Å². The van der Waals surface area contributed by atoms with E-state index >= 15 is 0 Å². The molecule has 2 aromatic heterocycles. The van der Waals surface area contributed by atoms with Gasteiger partial charge in [0, 0.05) is 11.3 Å². The van der Waals surface area contributed by atoms with Crippen molar-refractivity contribution in [2.24, 2.45) is 5.92 Å². The number of aromatic amines is 2. The van der Waals surface area contributed by atoms with Gasteiger partial charge < -0.3 is 9.72 Å². The van der Waals surface area contributed by atoms with E-state index in [2.05, 4.69) is 29.0 Å². The van der Waals surface area contributed by atoms with Gasteiger partial charge in [0.15, 0.2) is 5.16 Å². The molecule has 1 aliphatic carbocycles. The Morgan fingerprint density at radius 3 is 2.59 bits per heavy atom. The van der Waals surface area contributed by atoms with Crippen molar-refractivity contribution < 1.29 is 4.74 Å². The maximum absolute atomic E-state index is 12.9. The van der Waals surface area contributed by atoms with Gasteiger partial charge in [0.25, 0.3) is 5.56 Å². The molecule has 0 spiro atoms. The molecule has 2 N–H and O–H groups in total. The lowest BCUT2D eigenvalue weighted by Gasteiger charge is -2.22. The van der Waals surface area contributed by atoms with Gasteiger partial charge in [0.2, 0.25) is 0 Å². The number of thioether (sulfide) groups is 1. The highest BCUT2D eigenvalue weighted by molar-refractivity contribution is 7.98. The Morgan fingerprint density at radius 1 is 1.16 bits per heavy atom. The number of rotatable bonds is 8. The largest absolute Gasteiger partial charge is 0.497 e. The Hall–Kier alpha value is -2.54. The molecule has 4 rings (SSSR count). The average Bonchev–Trinajstić information content (AvgIpc) is 3.27. The molecule has 0 unspecified atom stereocenters. The molecule has 1 aromatic carbocycles. The van der Waals surface area contributed by atoms with Gasteiger partial charge in [-0.3, -0.25) is 9.89 Å². The van der Waals surface area contributed by atoms with Crippen LogP contribution in [0.5, 0.6) is 5.75 Å². The minimum absolute atomic E-state index is 0.00394. The quantitative estimate of drug-likeness (QED) is 0.338. The fourth-order valence-electron chi connectivity index (χ4n) is 4.49. The number of nitrogens with zero attached hydrogens (tertiary/aromatic N) is 2. The van der Waals surface area contributed by atoms with Crippen molar-refractivity contribution in [1.82, 2.24) is 20.2 Å². The third-order valence-electron chi connectivity index (χ3n) is 6.19. The first-order chi connectivity index (χ1) is 15.5. The van der Waals surface area contributed by atoms with Crippen LogP contribution in [0.3, 0.4) is 0 Å². The van der Waals surface area contributed by atoms with Crippen LogP contribution in [0.2, 0.25) is 0 Å². The molecule has 0 bridgehead atoms. The lowest BCUT2D eigenvalue weighted by atomic mass is 9.84. The van der Waals surface area contributed by atoms with Gasteiger partial charge in [-0.1, -0.05) is 57.7 Å². The number of methoxy groups -OCH3 is 1. The predicted molar refractivity (Wildman–Crippen MR) is 129 cm³/mol. The zero-order valence-corrected chi connectivity index (χ0v) is 19.9. The highest BCUT2D eigenvalue weighted by Gasteiger charge is 2.21. The van der Waals surface area contributed by atoms with E-state index in [1.807, 2.05) is 30.3 Å². The van der Waals surface area contributed by atoms with Crippen LogP contribution in [0.15, 0.2) is 40.3 Å². The Kier molecular flexibility index (Phi) is 7.35. The summed E-state index contributed by atoms with van der Waals surface area (Å²) in [6.07, 6.45) is 7.32. The van der Waals surface area contributed by atoms with Crippen molar-refractivity contribution in [3.8, 4) is 17.0 Å². The second-order valence-electron chi connectivity index (χ2n) is 8.88. The molecule has 0 radical (unpaired) electrons. The van der Waals surface area contributed by atoms with Crippen LogP contribution >= 0.6 is 11.8 Å².